The quantitative estimate of drug-likeness (QED) is 0.827. The van der Waals surface area contributed by atoms with Crippen molar-refractivity contribution in [2.75, 3.05) is 18.5 Å². The molecule has 1 aromatic rings. The average molecular weight is 264 g/mol. The molecule has 4 heteroatoms. The lowest BCUT2D eigenvalue weighted by atomic mass is 10.0. The molecule has 0 aliphatic heterocycles. The van der Waals surface area contributed by atoms with Crippen LogP contribution in [0.15, 0.2) is 24.3 Å². The maximum absolute atomic E-state index is 11.8. The van der Waals surface area contributed by atoms with Gasteiger partial charge in [-0.3, -0.25) is 4.79 Å². The second kappa shape index (κ2) is 7.14. The van der Waals surface area contributed by atoms with Gasteiger partial charge in [-0.05, 0) is 26.3 Å². The van der Waals surface area contributed by atoms with Crippen molar-refractivity contribution in [3.8, 4) is 0 Å². The number of hydrogen-bond donors (Lipinski definition) is 2. The minimum absolute atomic E-state index is 0.0155. The van der Waals surface area contributed by atoms with Gasteiger partial charge in [0.15, 0.2) is 0 Å². The van der Waals surface area contributed by atoms with Crippen LogP contribution in [0.4, 0.5) is 5.69 Å². The molecule has 0 bridgehead atoms. The summed E-state index contributed by atoms with van der Waals surface area (Å²) in [6, 6.07) is 7.78. The zero-order chi connectivity index (χ0) is 14.4. The number of para-hydroxylation sites is 1. The van der Waals surface area contributed by atoms with Gasteiger partial charge in [-0.25, -0.2) is 0 Å². The SMILES string of the molecule is CCC(O)c1ccccc1N(C)CC(=O)NC(C)C. The van der Waals surface area contributed by atoms with Gasteiger partial charge in [-0.1, -0.05) is 25.1 Å². The Morgan fingerprint density at radius 1 is 1.37 bits per heavy atom. The number of rotatable bonds is 6. The van der Waals surface area contributed by atoms with Crippen LogP contribution in [-0.2, 0) is 4.79 Å². The molecular weight excluding hydrogens is 240 g/mol. The van der Waals surface area contributed by atoms with Gasteiger partial charge in [-0.2, -0.15) is 0 Å². The normalized spacial score (nSPS) is 12.3. The van der Waals surface area contributed by atoms with Crippen molar-refractivity contribution in [1.29, 1.82) is 0 Å². The van der Waals surface area contributed by atoms with Gasteiger partial charge in [0.1, 0.15) is 0 Å². The summed E-state index contributed by atoms with van der Waals surface area (Å²) in [6.45, 7) is 6.10. The van der Waals surface area contributed by atoms with Gasteiger partial charge in [0.2, 0.25) is 5.91 Å². The molecule has 4 nitrogen and oxygen atoms in total. The first-order valence-corrected chi connectivity index (χ1v) is 6.73. The Labute approximate surface area is 115 Å². The lowest BCUT2D eigenvalue weighted by Gasteiger charge is -2.24. The number of nitrogens with one attached hydrogen (secondary N) is 1. The van der Waals surface area contributed by atoms with Crippen LogP contribution in [0.25, 0.3) is 0 Å². The van der Waals surface area contributed by atoms with Crippen LogP contribution in [0, 0.1) is 0 Å². The lowest BCUT2D eigenvalue weighted by molar-refractivity contribution is -0.120. The van der Waals surface area contributed by atoms with Crippen LogP contribution >= 0.6 is 0 Å². The molecule has 1 atom stereocenters. The fourth-order valence-corrected chi connectivity index (χ4v) is 2.01. The van der Waals surface area contributed by atoms with E-state index in [1.165, 1.54) is 0 Å². The van der Waals surface area contributed by atoms with Crippen molar-refractivity contribution in [1.82, 2.24) is 5.32 Å². The van der Waals surface area contributed by atoms with E-state index in [-0.39, 0.29) is 18.5 Å². The molecule has 0 aliphatic carbocycles. The Kier molecular flexibility index (Phi) is 5.83. The Morgan fingerprint density at radius 3 is 2.58 bits per heavy atom. The van der Waals surface area contributed by atoms with E-state index in [0.29, 0.717) is 6.42 Å². The topological polar surface area (TPSA) is 52.6 Å². The van der Waals surface area contributed by atoms with Crippen LogP contribution in [-0.4, -0.2) is 30.6 Å². The highest BCUT2D eigenvalue weighted by Crippen LogP contribution is 2.27. The summed E-state index contributed by atoms with van der Waals surface area (Å²) >= 11 is 0. The van der Waals surface area contributed by atoms with Crippen molar-refractivity contribution < 1.29 is 9.90 Å². The summed E-state index contributed by atoms with van der Waals surface area (Å²) in [6.07, 6.45) is 0.162. The number of amides is 1. The number of aliphatic hydroxyl groups excluding tert-OH is 1. The first kappa shape index (κ1) is 15.5. The van der Waals surface area contributed by atoms with Gasteiger partial charge in [0, 0.05) is 24.3 Å². The average Bonchev–Trinajstić information content (AvgIpc) is 2.36. The molecular formula is C15H24N2O2. The Balaban J connectivity index is 2.82. The van der Waals surface area contributed by atoms with Gasteiger partial charge in [0.05, 0.1) is 12.6 Å². The van der Waals surface area contributed by atoms with E-state index in [4.69, 9.17) is 0 Å². The Morgan fingerprint density at radius 2 is 2.00 bits per heavy atom. The molecule has 1 aromatic carbocycles. The molecule has 0 spiro atoms. The molecule has 0 saturated carbocycles. The molecule has 1 amide bonds. The van der Waals surface area contributed by atoms with E-state index in [2.05, 4.69) is 5.32 Å². The molecule has 0 radical (unpaired) electrons. The first-order valence-electron chi connectivity index (χ1n) is 6.73. The third-order valence-electron chi connectivity index (χ3n) is 2.92. The van der Waals surface area contributed by atoms with E-state index in [0.717, 1.165) is 11.3 Å². The second-order valence-electron chi connectivity index (χ2n) is 5.06. The highest BCUT2D eigenvalue weighted by atomic mass is 16.3. The van der Waals surface area contributed by atoms with E-state index in [1.54, 1.807) is 0 Å². The minimum atomic E-state index is -0.494. The van der Waals surface area contributed by atoms with Crippen LogP contribution in [0.1, 0.15) is 38.9 Å². The molecule has 0 fully saturated rings. The Bertz CT molecular complexity index is 418. The van der Waals surface area contributed by atoms with Crippen LogP contribution in [0.2, 0.25) is 0 Å². The highest BCUT2D eigenvalue weighted by molar-refractivity contribution is 5.81. The molecule has 2 N–H and O–H groups in total. The number of anilines is 1. The molecule has 0 heterocycles. The molecule has 1 rings (SSSR count). The van der Waals surface area contributed by atoms with Crippen molar-refractivity contribution in [3.05, 3.63) is 29.8 Å². The number of aliphatic hydroxyl groups is 1. The van der Waals surface area contributed by atoms with Crippen molar-refractivity contribution >= 4 is 11.6 Å². The van der Waals surface area contributed by atoms with Crippen LogP contribution < -0.4 is 10.2 Å². The highest BCUT2D eigenvalue weighted by Gasteiger charge is 2.15. The number of carbonyl (C=O) groups excluding carboxylic acids is 1. The minimum Gasteiger partial charge on any atom is -0.388 e. The maximum Gasteiger partial charge on any atom is 0.239 e. The number of benzene rings is 1. The fourth-order valence-electron chi connectivity index (χ4n) is 2.01. The standard InChI is InChI=1S/C15H24N2O2/c1-5-14(18)12-8-6-7-9-13(12)17(4)10-15(19)16-11(2)3/h6-9,11,14,18H,5,10H2,1-4H3,(H,16,19). The Hall–Kier alpha value is -1.55. The van der Waals surface area contributed by atoms with Crippen molar-refractivity contribution in [2.24, 2.45) is 0 Å². The van der Waals surface area contributed by atoms with Crippen molar-refractivity contribution in [2.45, 2.75) is 39.3 Å². The van der Waals surface area contributed by atoms with Gasteiger partial charge in [0.25, 0.3) is 0 Å². The summed E-state index contributed by atoms with van der Waals surface area (Å²) < 4.78 is 0. The maximum atomic E-state index is 11.8. The third-order valence-corrected chi connectivity index (χ3v) is 2.92. The van der Waals surface area contributed by atoms with Gasteiger partial charge >= 0.3 is 0 Å². The predicted molar refractivity (Wildman–Crippen MR) is 78.2 cm³/mol. The summed E-state index contributed by atoms with van der Waals surface area (Å²) in [5.74, 6) is -0.0155. The van der Waals surface area contributed by atoms with E-state index >= 15 is 0 Å². The molecule has 0 aliphatic rings. The molecule has 0 saturated heterocycles. The summed E-state index contributed by atoms with van der Waals surface area (Å²) in [5, 5.41) is 12.9. The fraction of sp³-hybridized carbons (Fsp3) is 0.533. The monoisotopic (exact) mass is 264 g/mol. The summed E-state index contributed by atoms with van der Waals surface area (Å²) in [7, 11) is 1.86. The molecule has 19 heavy (non-hydrogen) atoms. The number of hydrogen-bond acceptors (Lipinski definition) is 3. The van der Waals surface area contributed by atoms with E-state index in [9.17, 15) is 9.90 Å². The number of carbonyl (C=O) groups is 1. The summed E-state index contributed by atoms with van der Waals surface area (Å²) in [4.78, 5) is 13.6. The predicted octanol–water partition coefficient (Wildman–Crippen LogP) is 2.09. The van der Waals surface area contributed by atoms with E-state index in [1.807, 2.05) is 57.0 Å². The molecule has 106 valence electrons. The first-order chi connectivity index (χ1) is 8.95. The third kappa shape index (κ3) is 4.56. The second-order valence-corrected chi connectivity index (χ2v) is 5.06. The zero-order valence-electron chi connectivity index (χ0n) is 12.2. The smallest absolute Gasteiger partial charge is 0.239 e. The largest absolute Gasteiger partial charge is 0.388 e. The van der Waals surface area contributed by atoms with Gasteiger partial charge < -0.3 is 15.3 Å². The number of nitrogens with zero attached hydrogens (tertiary/aromatic N) is 1. The molecule has 1 unspecified atom stereocenters. The lowest BCUT2D eigenvalue weighted by Crippen LogP contribution is -2.38. The number of likely N-dealkylation sites (N-methyl/N-ethyl adjacent to an activating group) is 1. The van der Waals surface area contributed by atoms with Gasteiger partial charge in [-0.15, -0.1) is 0 Å². The van der Waals surface area contributed by atoms with Crippen LogP contribution in [0.3, 0.4) is 0 Å². The van der Waals surface area contributed by atoms with Crippen molar-refractivity contribution in [3.63, 3.8) is 0 Å². The van der Waals surface area contributed by atoms with E-state index < -0.39 is 6.10 Å². The molecule has 0 aromatic heterocycles. The van der Waals surface area contributed by atoms with Crippen LogP contribution in [0.5, 0.6) is 0 Å². The zero-order valence-corrected chi connectivity index (χ0v) is 12.2. The summed E-state index contributed by atoms with van der Waals surface area (Å²) in [5.41, 5.74) is 1.76.